The largest absolute Gasteiger partial charge is 0.496 e. The van der Waals surface area contributed by atoms with Crippen molar-refractivity contribution in [2.45, 2.75) is 6.42 Å². The number of Topliss-reactive ketones (excluding diaryl/α,β-unsaturated/α-hetero) is 1. The van der Waals surface area contributed by atoms with Crippen LogP contribution in [0.5, 0.6) is 5.75 Å². The molecule has 0 aliphatic carbocycles. The fourth-order valence-corrected chi connectivity index (χ4v) is 2.08. The average molecular weight is 310 g/mol. The highest BCUT2D eigenvalue weighted by molar-refractivity contribution is 9.10. The summed E-state index contributed by atoms with van der Waals surface area (Å²) < 4.78 is 6.12. The summed E-state index contributed by atoms with van der Waals surface area (Å²) in [6, 6.07) is 5.53. The monoisotopic (exact) mass is 309 g/mol. The van der Waals surface area contributed by atoms with E-state index in [1.165, 1.54) is 6.20 Å². The lowest BCUT2D eigenvalue weighted by molar-refractivity contribution is 0.0993. The highest BCUT2D eigenvalue weighted by Crippen LogP contribution is 2.24. The third kappa shape index (κ3) is 2.53. The van der Waals surface area contributed by atoms with Gasteiger partial charge in [-0.15, -0.1) is 0 Å². The molecule has 1 aromatic heterocycles. The first kappa shape index (κ1) is 12.6. The van der Waals surface area contributed by atoms with Crippen LogP contribution in [0, 0.1) is 0 Å². The molecular weight excluding hydrogens is 298 g/mol. The number of nitrogen functional groups attached to an aromatic ring is 1. The first-order chi connectivity index (χ1) is 8.61. The minimum atomic E-state index is -0.0994. The summed E-state index contributed by atoms with van der Waals surface area (Å²) in [6.07, 6.45) is 1.65. The van der Waals surface area contributed by atoms with Gasteiger partial charge in [-0.05, 0) is 18.2 Å². The summed E-state index contributed by atoms with van der Waals surface area (Å²) in [5.74, 6) is 0.861. The molecule has 1 heterocycles. The molecule has 0 fully saturated rings. The molecule has 0 radical (unpaired) electrons. The van der Waals surface area contributed by atoms with Crippen LogP contribution in [0.15, 0.2) is 28.9 Å². The number of hydrogen-bond acceptors (Lipinski definition) is 4. The molecule has 0 amide bonds. The number of aromatic amines is 1. The number of rotatable bonds is 4. The zero-order valence-corrected chi connectivity index (χ0v) is 11.3. The molecule has 6 heteroatoms. The van der Waals surface area contributed by atoms with E-state index in [0.29, 0.717) is 11.3 Å². The summed E-state index contributed by atoms with van der Waals surface area (Å²) in [5.41, 5.74) is 6.82. The number of nitrogens with zero attached hydrogens (tertiary/aromatic N) is 1. The number of halogens is 1. The first-order valence-electron chi connectivity index (χ1n) is 5.26. The van der Waals surface area contributed by atoms with Crippen LogP contribution in [0.25, 0.3) is 0 Å². The Bertz CT molecular complexity index is 580. The number of nitrogens with two attached hydrogens (primary N) is 1. The number of nitrogens with one attached hydrogen (secondary N) is 1. The summed E-state index contributed by atoms with van der Waals surface area (Å²) in [5, 5.41) is 6.27. The SMILES string of the molecule is COc1ccc(Br)cc1CC(=O)c1cn[nH]c1N. The van der Waals surface area contributed by atoms with E-state index in [2.05, 4.69) is 26.1 Å². The van der Waals surface area contributed by atoms with Crippen LogP contribution in [0.1, 0.15) is 15.9 Å². The molecule has 0 atom stereocenters. The Labute approximate surface area is 112 Å². The fraction of sp³-hybridized carbons (Fsp3) is 0.167. The Balaban J connectivity index is 2.27. The predicted molar refractivity (Wildman–Crippen MR) is 71.7 cm³/mol. The molecule has 0 spiro atoms. The van der Waals surface area contributed by atoms with Crippen LogP contribution >= 0.6 is 15.9 Å². The molecule has 5 nitrogen and oxygen atoms in total. The second-order valence-electron chi connectivity index (χ2n) is 3.75. The highest BCUT2D eigenvalue weighted by atomic mass is 79.9. The summed E-state index contributed by atoms with van der Waals surface area (Å²) in [4.78, 5) is 12.1. The van der Waals surface area contributed by atoms with Gasteiger partial charge in [0.25, 0.3) is 0 Å². The van der Waals surface area contributed by atoms with Gasteiger partial charge in [-0.1, -0.05) is 15.9 Å². The number of H-pyrrole nitrogens is 1. The molecule has 94 valence electrons. The number of aromatic nitrogens is 2. The standard InChI is InChI=1S/C12H12BrN3O2/c1-18-11-3-2-8(13)4-7(11)5-10(17)9-6-15-16-12(9)14/h2-4,6H,5H2,1H3,(H3,14,15,16). The normalized spacial score (nSPS) is 10.3. The predicted octanol–water partition coefficient (Wildman–Crippen LogP) is 2.19. The molecule has 18 heavy (non-hydrogen) atoms. The van der Waals surface area contributed by atoms with Crippen molar-refractivity contribution in [3.05, 3.63) is 40.0 Å². The average Bonchev–Trinajstić information content (AvgIpc) is 2.76. The number of ether oxygens (including phenoxy) is 1. The van der Waals surface area contributed by atoms with Crippen molar-refractivity contribution in [2.75, 3.05) is 12.8 Å². The van der Waals surface area contributed by atoms with Crippen molar-refractivity contribution in [1.29, 1.82) is 0 Å². The van der Waals surface area contributed by atoms with E-state index in [9.17, 15) is 4.79 Å². The Kier molecular flexibility index (Phi) is 3.66. The minimum Gasteiger partial charge on any atom is -0.496 e. The van der Waals surface area contributed by atoms with Crippen molar-refractivity contribution in [3.63, 3.8) is 0 Å². The summed E-state index contributed by atoms with van der Waals surface area (Å²) >= 11 is 3.37. The maximum Gasteiger partial charge on any atom is 0.172 e. The van der Waals surface area contributed by atoms with Crippen molar-refractivity contribution in [3.8, 4) is 5.75 Å². The number of carbonyl (C=O) groups excluding carboxylic acids is 1. The van der Waals surface area contributed by atoms with Gasteiger partial charge in [0.1, 0.15) is 11.6 Å². The Morgan fingerprint density at radius 2 is 2.33 bits per heavy atom. The van der Waals surface area contributed by atoms with Crippen LogP contribution < -0.4 is 10.5 Å². The molecule has 0 aliphatic rings. The molecule has 0 unspecified atom stereocenters. The Hall–Kier alpha value is -1.82. The van der Waals surface area contributed by atoms with Gasteiger partial charge in [0.05, 0.1) is 18.9 Å². The fourth-order valence-electron chi connectivity index (χ4n) is 1.67. The zero-order chi connectivity index (χ0) is 13.1. The molecule has 0 aliphatic heterocycles. The van der Waals surface area contributed by atoms with Crippen molar-refractivity contribution in [1.82, 2.24) is 10.2 Å². The van der Waals surface area contributed by atoms with Crippen LogP contribution in [0.3, 0.4) is 0 Å². The van der Waals surface area contributed by atoms with Gasteiger partial charge in [-0.25, -0.2) is 0 Å². The lowest BCUT2D eigenvalue weighted by Crippen LogP contribution is -2.06. The molecular formula is C12H12BrN3O2. The highest BCUT2D eigenvalue weighted by Gasteiger charge is 2.15. The quantitative estimate of drug-likeness (QED) is 0.848. The zero-order valence-electron chi connectivity index (χ0n) is 9.74. The Morgan fingerprint density at radius 1 is 1.56 bits per heavy atom. The van der Waals surface area contributed by atoms with E-state index in [0.717, 1.165) is 10.0 Å². The third-order valence-corrected chi connectivity index (χ3v) is 3.06. The topological polar surface area (TPSA) is 81.0 Å². The van der Waals surface area contributed by atoms with E-state index in [4.69, 9.17) is 10.5 Å². The number of anilines is 1. The Morgan fingerprint density at radius 3 is 2.94 bits per heavy atom. The molecule has 0 saturated carbocycles. The van der Waals surface area contributed by atoms with Gasteiger partial charge >= 0.3 is 0 Å². The van der Waals surface area contributed by atoms with E-state index < -0.39 is 0 Å². The maximum absolute atomic E-state index is 12.1. The molecule has 3 N–H and O–H groups in total. The first-order valence-corrected chi connectivity index (χ1v) is 6.05. The maximum atomic E-state index is 12.1. The summed E-state index contributed by atoms with van der Waals surface area (Å²) in [6.45, 7) is 0. The van der Waals surface area contributed by atoms with E-state index in [1.54, 1.807) is 7.11 Å². The van der Waals surface area contributed by atoms with Crippen LogP contribution in [-0.2, 0) is 6.42 Å². The number of carbonyl (C=O) groups is 1. The second-order valence-corrected chi connectivity index (χ2v) is 4.67. The van der Waals surface area contributed by atoms with Gasteiger partial charge in [0.15, 0.2) is 5.78 Å². The molecule has 0 bridgehead atoms. The van der Waals surface area contributed by atoms with Gasteiger partial charge in [0, 0.05) is 16.5 Å². The van der Waals surface area contributed by atoms with E-state index in [1.807, 2.05) is 18.2 Å². The van der Waals surface area contributed by atoms with Gasteiger partial charge < -0.3 is 10.5 Å². The van der Waals surface area contributed by atoms with E-state index in [-0.39, 0.29) is 18.0 Å². The number of hydrogen-bond donors (Lipinski definition) is 2. The smallest absolute Gasteiger partial charge is 0.172 e. The molecule has 1 aromatic carbocycles. The van der Waals surface area contributed by atoms with Crippen LogP contribution in [0.4, 0.5) is 5.82 Å². The van der Waals surface area contributed by atoms with Gasteiger partial charge in [-0.2, -0.15) is 5.10 Å². The van der Waals surface area contributed by atoms with Crippen molar-refractivity contribution in [2.24, 2.45) is 0 Å². The van der Waals surface area contributed by atoms with E-state index >= 15 is 0 Å². The molecule has 2 aromatic rings. The second kappa shape index (κ2) is 5.22. The molecule has 2 rings (SSSR count). The van der Waals surface area contributed by atoms with Crippen molar-refractivity contribution >= 4 is 27.5 Å². The number of benzene rings is 1. The van der Waals surface area contributed by atoms with Gasteiger partial charge in [-0.3, -0.25) is 9.89 Å². The van der Waals surface area contributed by atoms with Crippen LogP contribution in [0.2, 0.25) is 0 Å². The van der Waals surface area contributed by atoms with Crippen molar-refractivity contribution < 1.29 is 9.53 Å². The molecule has 0 saturated heterocycles. The lowest BCUT2D eigenvalue weighted by atomic mass is 10.0. The minimum absolute atomic E-state index is 0.0994. The van der Waals surface area contributed by atoms with Crippen LogP contribution in [-0.4, -0.2) is 23.1 Å². The number of ketones is 1. The number of methoxy groups -OCH3 is 1. The lowest BCUT2D eigenvalue weighted by Gasteiger charge is -2.08. The van der Waals surface area contributed by atoms with Gasteiger partial charge in [0.2, 0.25) is 0 Å². The third-order valence-electron chi connectivity index (χ3n) is 2.56. The summed E-state index contributed by atoms with van der Waals surface area (Å²) in [7, 11) is 1.57.